The van der Waals surface area contributed by atoms with E-state index in [4.69, 9.17) is 5.11 Å². The number of nitrogens with one attached hydrogen (secondary N) is 1. The monoisotopic (exact) mass is 258 g/mol. The van der Waals surface area contributed by atoms with Crippen LogP contribution in [0.3, 0.4) is 0 Å². The van der Waals surface area contributed by atoms with E-state index in [2.05, 4.69) is 26.2 Å². The van der Waals surface area contributed by atoms with Crippen molar-refractivity contribution >= 4 is 27.7 Å². The van der Waals surface area contributed by atoms with Gasteiger partial charge in [0.15, 0.2) is 0 Å². The van der Waals surface area contributed by atoms with Gasteiger partial charge in [-0.25, -0.2) is 9.78 Å². The van der Waals surface area contributed by atoms with Gasteiger partial charge in [0, 0.05) is 12.7 Å². The summed E-state index contributed by atoms with van der Waals surface area (Å²) in [6.07, 6.45) is 2.33. The Balaban J connectivity index is 2.84. The zero-order valence-corrected chi connectivity index (χ0v) is 9.34. The molecule has 1 heterocycles. The van der Waals surface area contributed by atoms with Gasteiger partial charge in [-0.3, -0.25) is 0 Å². The van der Waals surface area contributed by atoms with Crippen molar-refractivity contribution in [1.29, 1.82) is 0 Å². The first-order valence-electron chi connectivity index (χ1n) is 4.28. The van der Waals surface area contributed by atoms with Crippen molar-refractivity contribution in [2.24, 2.45) is 0 Å². The van der Waals surface area contributed by atoms with Crippen LogP contribution in [0.4, 0.5) is 5.82 Å². The Bertz CT molecular complexity index is 342. The van der Waals surface area contributed by atoms with Crippen LogP contribution >= 0.6 is 15.9 Å². The molecule has 5 heteroatoms. The maximum absolute atomic E-state index is 10.6. The van der Waals surface area contributed by atoms with Gasteiger partial charge in [-0.1, -0.05) is 6.92 Å². The number of rotatable bonds is 4. The fraction of sp³-hybridized carbons (Fsp3) is 0.333. The molecule has 0 spiro atoms. The molecular formula is C9H11BrN2O2. The van der Waals surface area contributed by atoms with E-state index in [1.807, 2.05) is 6.92 Å². The lowest BCUT2D eigenvalue weighted by Gasteiger charge is -2.06. The number of carboxylic acid groups (broad SMARTS) is 1. The molecule has 1 rings (SSSR count). The molecule has 0 unspecified atom stereocenters. The topological polar surface area (TPSA) is 62.2 Å². The fourth-order valence-corrected chi connectivity index (χ4v) is 1.42. The molecule has 0 fully saturated rings. The van der Waals surface area contributed by atoms with E-state index in [9.17, 15) is 4.79 Å². The van der Waals surface area contributed by atoms with Crippen molar-refractivity contribution in [3.05, 3.63) is 22.3 Å². The number of carbonyl (C=O) groups is 1. The number of nitrogens with zero attached hydrogens (tertiary/aromatic N) is 1. The molecule has 76 valence electrons. The minimum Gasteiger partial charge on any atom is -0.478 e. The number of halogens is 1. The molecule has 0 amide bonds. The predicted molar refractivity (Wildman–Crippen MR) is 57.7 cm³/mol. The molecule has 0 aromatic carbocycles. The van der Waals surface area contributed by atoms with Crippen molar-refractivity contribution in [1.82, 2.24) is 4.98 Å². The molecule has 0 aliphatic carbocycles. The lowest BCUT2D eigenvalue weighted by molar-refractivity contribution is 0.0696. The van der Waals surface area contributed by atoms with Gasteiger partial charge in [-0.05, 0) is 28.4 Å². The highest BCUT2D eigenvalue weighted by Gasteiger charge is 2.07. The number of aromatic nitrogens is 1. The Morgan fingerprint density at radius 2 is 2.43 bits per heavy atom. The number of hydrogen-bond donors (Lipinski definition) is 2. The van der Waals surface area contributed by atoms with Crippen molar-refractivity contribution in [3.8, 4) is 0 Å². The average Bonchev–Trinajstić information content (AvgIpc) is 2.15. The van der Waals surface area contributed by atoms with Crippen LogP contribution in [-0.4, -0.2) is 22.6 Å². The Kier molecular flexibility index (Phi) is 3.88. The Hall–Kier alpha value is -1.10. The number of aromatic carboxylic acids is 1. The maximum atomic E-state index is 10.6. The quantitative estimate of drug-likeness (QED) is 0.871. The molecular weight excluding hydrogens is 248 g/mol. The van der Waals surface area contributed by atoms with E-state index in [0.29, 0.717) is 10.3 Å². The van der Waals surface area contributed by atoms with Crippen molar-refractivity contribution in [3.63, 3.8) is 0 Å². The third-order valence-corrected chi connectivity index (χ3v) is 2.24. The maximum Gasteiger partial charge on any atom is 0.337 e. The van der Waals surface area contributed by atoms with Gasteiger partial charge in [-0.15, -0.1) is 0 Å². The fourth-order valence-electron chi connectivity index (χ4n) is 0.928. The number of carboxylic acids is 1. The highest BCUT2D eigenvalue weighted by atomic mass is 79.9. The van der Waals surface area contributed by atoms with Crippen LogP contribution in [0.15, 0.2) is 16.7 Å². The number of hydrogen-bond acceptors (Lipinski definition) is 3. The third kappa shape index (κ3) is 2.70. The van der Waals surface area contributed by atoms with E-state index >= 15 is 0 Å². The molecule has 0 saturated carbocycles. The van der Waals surface area contributed by atoms with Gasteiger partial charge in [-0.2, -0.15) is 0 Å². The molecule has 1 aromatic heterocycles. The van der Waals surface area contributed by atoms with Crippen molar-refractivity contribution in [2.45, 2.75) is 13.3 Å². The lowest BCUT2D eigenvalue weighted by Crippen LogP contribution is -2.04. The summed E-state index contributed by atoms with van der Waals surface area (Å²) in [6, 6.07) is 1.54. The first-order valence-corrected chi connectivity index (χ1v) is 5.07. The second kappa shape index (κ2) is 4.95. The van der Waals surface area contributed by atoms with Gasteiger partial charge >= 0.3 is 5.97 Å². The molecule has 0 aliphatic rings. The summed E-state index contributed by atoms with van der Waals surface area (Å²) >= 11 is 3.26. The number of pyridine rings is 1. The molecule has 1 aromatic rings. The van der Waals surface area contributed by atoms with Crippen LogP contribution in [0.2, 0.25) is 0 Å². The Morgan fingerprint density at radius 3 is 2.93 bits per heavy atom. The van der Waals surface area contributed by atoms with E-state index in [0.717, 1.165) is 13.0 Å². The van der Waals surface area contributed by atoms with Crippen LogP contribution < -0.4 is 5.32 Å². The summed E-state index contributed by atoms with van der Waals surface area (Å²) in [4.78, 5) is 14.6. The van der Waals surface area contributed by atoms with E-state index in [1.165, 1.54) is 12.3 Å². The Morgan fingerprint density at radius 1 is 1.71 bits per heavy atom. The third-order valence-electron chi connectivity index (χ3n) is 1.63. The molecule has 14 heavy (non-hydrogen) atoms. The van der Waals surface area contributed by atoms with Gasteiger partial charge < -0.3 is 10.4 Å². The van der Waals surface area contributed by atoms with Gasteiger partial charge in [0.2, 0.25) is 0 Å². The van der Waals surface area contributed by atoms with Crippen LogP contribution in [0.25, 0.3) is 0 Å². The average molecular weight is 259 g/mol. The summed E-state index contributed by atoms with van der Waals surface area (Å²) in [5, 5.41) is 11.8. The van der Waals surface area contributed by atoms with Crippen LogP contribution in [0.5, 0.6) is 0 Å². The minimum atomic E-state index is -0.972. The normalized spacial score (nSPS) is 9.86. The second-order valence-corrected chi connectivity index (χ2v) is 3.64. The second-order valence-electron chi connectivity index (χ2n) is 2.79. The van der Waals surface area contributed by atoms with Crippen molar-refractivity contribution < 1.29 is 9.90 Å². The van der Waals surface area contributed by atoms with E-state index < -0.39 is 5.97 Å². The smallest absolute Gasteiger partial charge is 0.337 e. The number of anilines is 1. The summed E-state index contributed by atoms with van der Waals surface area (Å²) < 4.78 is 0.672. The Labute approximate surface area is 90.5 Å². The van der Waals surface area contributed by atoms with Crippen LogP contribution in [-0.2, 0) is 0 Å². The van der Waals surface area contributed by atoms with Crippen LogP contribution in [0, 0.1) is 0 Å². The standard InChI is InChI=1S/C9H11BrN2O2/c1-2-3-11-8-7(10)4-6(5-12-8)9(13)14/h4-5H,2-3H2,1H3,(H,11,12)(H,13,14). The summed E-state index contributed by atoms with van der Waals surface area (Å²) in [6.45, 7) is 2.87. The SMILES string of the molecule is CCCNc1ncc(C(=O)O)cc1Br. The summed E-state index contributed by atoms with van der Waals surface area (Å²) in [7, 11) is 0. The molecule has 0 aliphatic heterocycles. The van der Waals surface area contributed by atoms with Gasteiger partial charge in [0.05, 0.1) is 10.0 Å². The van der Waals surface area contributed by atoms with E-state index in [1.54, 1.807) is 0 Å². The molecule has 0 bridgehead atoms. The highest BCUT2D eigenvalue weighted by Crippen LogP contribution is 2.20. The molecule has 2 N–H and O–H groups in total. The molecule has 0 radical (unpaired) electrons. The predicted octanol–water partition coefficient (Wildman–Crippen LogP) is 2.36. The van der Waals surface area contributed by atoms with Gasteiger partial charge in [0.1, 0.15) is 5.82 Å². The van der Waals surface area contributed by atoms with Gasteiger partial charge in [0.25, 0.3) is 0 Å². The largest absolute Gasteiger partial charge is 0.478 e. The lowest BCUT2D eigenvalue weighted by atomic mass is 10.3. The highest BCUT2D eigenvalue weighted by molar-refractivity contribution is 9.10. The van der Waals surface area contributed by atoms with E-state index in [-0.39, 0.29) is 5.56 Å². The molecule has 0 atom stereocenters. The van der Waals surface area contributed by atoms with Crippen molar-refractivity contribution in [2.75, 3.05) is 11.9 Å². The molecule has 4 nitrogen and oxygen atoms in total. The van der Waals surface area contributed by atoms with Crippen LogP contribution in [0.1, 0.15) is 23.7 Å². The zero-order valence-electron chi connectivity index (χ0n) is 7.75. The minimum absolute atomic E-state index is 0.180. The summed E-state index contributed by atoms with van der Waals surface area (Å²) in [5.41, 5.74) is 0.180. The first kappa shape index (κ1) is 11.0. The summed E-state index contributed by atoms with van der Waals surface area (Å²) in [5.74, 6) is -0.294. The zero-order chi connectivity index (χ0) is 10.6. The molecule has 0 saturated heterocycles. The first-order chi connectivity index (χ1) is 6.65.